The van der Waals surface area contributed by atoms with Gasteiger partial charge in [-0.25, -0.2) is 4.39 Å². The average molecular weight is 432 g/mol. The Morgan fingerprint density at radius 3 is 2.56 bits per heavy atom. The monoisotopic (exact) mass is 432 g/mol. The fourth-order valence-electron chi connectivity index (χ4n) is 3.49. The summed E-state index contributed by atoms with van der Waals surface area (Å²) in [4.78, 5) is 20.4. The van der Waals surface area contributed by atoms with E-state index in [4.69, 9.17) is 9.15 Å². The number of carbonyl (C=O) groups is 1. The molecule has 162 valence electrons. The van der Waals surface area contributed by atoms with E-state index in [-0.39, 0.29) is 11.6 Å². The summed E-state index contributed by atoms with van der Waals surface area (Å²) >= 11 is 0. The number of piperazine rings is 1. The molecule has 32 heavy (non-hydrogen) atoms. The minimum absolute atomic E-state index is 0.198. The van der Waals surface area contributed by atoms with Crippen LogP contribution in [0.15, 0.2) is 52.9 Å². The first kappa shape index (κ1) is 21.1. The molecule has 0 aliphatic carbocycles. The highest BCUT2D eigenvalue weighted by atomic mass is 19.1. The lowest BCUT2D eigenvalue weighted by molar-refractivity contribution is 0.0745. The number of methoxy groups -OCH3 is 1. The predicted molar refractivity (Wildman–Crippen MR) is 118 cm³/mol. The number of rotatable bonds is 5. The van der Waals surface area contributed by atoms with E-state index in [0.717, 1.165) is 11.3 Å². The van der Waals surface area contributed by atoms with Crippen molar-refractivity contribution < 1.29 is 18.3 Å². The Kier molecular flexibility index (Phi) is 6.17. The molecule has 0 N–H and O–H groups in total. The van der Waals surface area contributed by atoms with Gasteiger partial charge in [0.25, 0.3) is 5.91 Å². The van der Waals surface area contributed by atoms with Crippen molar-refractivity contribution in [2.75, 3.05) is 38.2 Å². The lowest BCUT2D eigenvalue weighted by atomic mass is 10.1. The van der Waals surface area contributed by atoms with Crippen molar-refractivity contribution in [2.45, 2.75) is 0 Å². The molecule has 1 aliphatic rings. The Morgan fingerprint density at radius 1 is 1.16 bits per heavy atom. The third kappa shape index (κ3) is 4.62. The van der Waals surface area contributed by atoms with E-state index in [2.05, 4.69) is 11.1 Å². The van der Waals surface area contributed by atoms with Gasteiger partial charge in [0.15, 0.2) is 0 Å². The Labute approximate surface area is 185 Å². The first-order valence-corrected chi connectivity index (χ1v) is 10.1. The minimum Gasteiger partial charge on any atom is -0.497 e. The lowest BCUT2D eigenvalue weighted by Crippen LogP contribution is -2.48. The highest BCUT2D eigenvalue weighted by molar-refractivity contribution is 5.94. The molecule has 0 unspecified atom stereocenters. The summed E-state index contributed by atoms with van der Waals surface area (Å²) in [6.45, 7) is 1.81. The number of hydrogen-bond acceptors (Lipinski definition) is 6. The van der Waals surface area contributed by atoms with Crippen LogP contribution in [0.4, 0.5) is 10.3 Å². The summed E-state index contributed by atoms with van der Waals surface area (Å²) < 4.78 is 24.4. The summed E-state index contributed by atoms with van der Waals surface area (Å²) in [5, 5.41) is 9.48. The van der Waals surface area contributed by atoms with Gasteiger partial charge in [0.1, 0.15) is 17.6 Å². The summed E-state index contributed by atoms with van der Waals surface area (Å²) in [7, 11) is 1.61. The number of halogens is 1. The van der Waals surface area contributed by atoms with Crippen LogP contribution < -0.4 is 9.64 Å². The first-order valence-electron chi connectivity index (χ1n) is 10.1. The van der Waals surface area contributed by atoms with Crippen molar-refractivity contribution in [3.05, 3.63) is 77.1 Å². The first-order chi connectivity index (χ1) is 15.6. The van der Waals surface area contributed by atoms with Gasteiger partial charge in [0, 0.05) is 37.8 Å². The van der Waals surface area contributed by atoms with Gasteiger partial charge in [0.2, 0.25) is 17.5 Å². The Morgan fingerprint density at radius 2 is 1.91 bits per heavy atom. The summed E-state index contributed by atoms with van der Waals surface area (Å²) in [5.74, 6) is 0.822. The second-order valence-electron chi connectivity index (χ2n) is 7.21. The van der Waals surface area contributed by atoms with E-state index < -0.39 is 5.82 Å². The third-order valence-corrected chi connectivity index (χ3v) is 5.19. The maximum atomic E-state index is 13.4. The van der Waals surface area contributed by atoms with Crippen molar-refractivity contribution in [1.29, 1.82) is 5.26 Å². The van der Waals surface area contributed by atoms with Crippen LogP contribution >= 0.6 is 0 Å². The lowest BCUT2D eigenvalue weighted by Gasteiger charge is -2.34. The predicted octanol–water partition coefficient (Wildman–Crippen LogP) is 3.83. The number of aromatic nitrogens is 1. The van der Waals surface area contributed by atoms with Gasteiger partial charge in [-0.1, -0.05) is 18.2 Å². The Bertz CT molecular complexity index is 1170. The number of hydrogen-bond donors (Lipinski definition) is 0. The van der Waals surface area contributed by atoms with Crippen LogP contribution in [0.1, 0.15) is 27.5 Å². The van der Waals surface area contributed by atoms with Crippen molar-refractivity contribution in [3.63, 3.8) is 0 Å². The second-order valence-corrected chi connectivity index (χ2v) is 7.21. The maximum Gasteiger partial charge on any atom is 0.254 e. The zero-order chi connectivity index (χ0) is 22.5. The van der Waals surface area contributed by atoms with E-state index in [1.54, 1.807) is 24.2 Å². The van der Waals surface area contributed by atoms with Gasteiger partial charge in [-0.3, -0.25) is 4.79 Å². The highest BCUT2D eigenvalue weighted by Crippen LogP contribution is 2.25. The molecule has 1 aliphatic heterocycles. The van der Waals surface area contributed by atoms with Crippen LogP contribution in [0.3, 0.4) is 0 Å². The van der Waals surface area contributed by atoms with Gasteiger partial charge in [0.05, 0.1) is 7.11 Å². The van der Waals surface area contributed by atoms with Crippen LogP contribution in [-0.4, -0.2) is 49.1 Å². The summed E-state index contributed by atoms with van der Waals surface area (Å²) in [5.41, 5.74) is 1.46. The smallest absolute Gasteiger partial charge is 0.254 e. The van der Waals surface area contributed by atoms with Crippen LogP contribution in [0.25, 0.3) is 12.2 Å². The molecule has 2 aromatic carbocycles. The molecule has 1 aromatic heterocycles. The topological polar surface area (TPSA) is 82.6 Å². The largest absolute Gasteiger partial charge is 0.497 e. The van der Waals surface area contributed by atoms with E-state index in [0.29, 0.717) is 43.5 Å². The van der Waals surface area contributed by atoms with Crippen LogP contribution in [0, 0.1) is 17.1 Å². The number of nitrogens with zero attached hydrogens (tertiary/aromatic N) is 4. The zero-order valence-electron chi connectivity index (χ0n) is 17.5. The minimum atomic E-state index is -0.440. The average Bonchev–Trinajstić information content (AvgIpc) is 3.26. The number of carbonyl (C=O) groups excluding carboxylic acids is 1. The molecule has 0 atom stereocenters. The molecule has 4 rings (SSSR count). The number of anilines is 1. The zero-order valence-corrected chi connectivity index (χ0v) is 17.5. The fourth-order valence-corrected chi connectivity index (χ4v) is 3.49. The molecule has 1 fully saturated rings. The van der Waals surface area contributed by atoms with E-state index in [1.165, 1.54) is 18.2 Å². The third-order valence-electron chi connectivity index (χ3n) is 5.19. The standard InChI is InChI=1S/C24H21FN4O3/c1-31-20-8-5-17(6-9-20)7-10-22-27-21(16-26)24(32-22)29-13-11-28(12-14-29)23(30)18-3-2-4-19(25)15-18/h2-10,15H,11-14H2,1H3. The van der Waals surface area contributed by atoms with Gasteiger partial charge >= 0.3 is 0 Å². The number of nitriles is 1. The molecule has 1 saturated heterocycles. The van der Waals surface area contributed by atoms with E-state index in [9.17, 15) is 14.4 Å². The highest BCUT2D eigenvalue weighted by Gasteiger charge is 2.26. The van der Waals surface area contributed by atoms with Gasteiger partial charge in [-0.15, -0.1) is 0 Å². The normalized spacial score (nSPS) is 13.9. The Balaban J connectivity index is 1.43. The molecule has 3 aromatic rings. The molecular weight excluding hydrogens is 411 g/mol. The van der Waals surface area contributed by atoms with E-state index >= 15 is 0 Å². The molecule has 0 saturated carbocycles. The molecule has 8 heteroatoms. The number of amides is 1. The van der Waals surface area contributed by atoms with Gasteiger partial charge in [-0.2, -0.15) is 10.2 Å². The SMILES string of the molecule is COc1ccc(C=Cc2nc(C#N)c(N3CCN(C(=O)c4cccc(F)c4)CC3)o2)cc1. The van der Waals surface area contributed by atoms with Crippen molar-refractivity contribution in [3.8, 4) is 11.8 Å². The summed E-state index contributed by atoms with van der Waals surface area (Å²) in [6.07, 6.45) is 3.54. The molecule has 2 heterocycles. The van der Waals surface area contributed by atoms with Crippen molar-refractivity contribution >= 4 is 23.9 Å². The second kappa shape index (κ2) is 9.35. The molecule has 1 amide bonds. The quantitative estimate of drug-likeness (QED) is 0.610. The van der Waals surface area contributed by atoms with Crippen LogP contribution in [0.2, 0.25) is 0 Å². The molecule has 0 bridgehead atoms. The maximum absolute atomic E-state index is 13.4. The van der Waals surface area contributed by atoms with E-state index in [1.807, 2.05) is 35.2 Å². The van der Waals surface area contributed by atoms with Gasteiger partial charge in [-0.05, 0) is 42.0 Å². The fraction of sp³-hybridized carbons (Fsp3) is 0.208. The summed E-state index contributed by atoms with van der Waals surface area (Å²) in [6, 6.07) is 15.3. The van der Waals surface area contributed by atoms with Crippen LogP contribution in [0.5, 0.6) is 5.75 Å². The van der Waals surface area contributed by atoms with Crippen molar-refractivity contribution in [1.82, 2.24) is 9.88 Å². The molecule has 0 spiro atoms. The number of ether oxygens (including phenoxy) is 1. The number of benzene rings is 2. The van der Waals surface area contributed by atoms with Crippen molar-refractivity contribution in [2.24, 2.45) is 0 Å². The molecule has 0 radical (unpaired) electrons. The number of oxazole rings is 1. The molecule has 7 nitrogen and oxygen atoms in total. The van der Waals surface area contributed by atoms with Gasteiger partial charge < -0.3 is 19.0 Å². The molecular formula is C24H21FN4O3. The Hall–Kier alpha value is -4.12. The van der Waals surface area contributed by atoms with Crippen LogP contribution in [-0.2, 0) is 0 Å².